The van der Waals surface area contributed by atoms with Crippen LogP contribution in [0.5, 0.6) is 0 Å². The summed E-state index contributed by atoms with van der Waals surface area (Å²) in [5.41, 5.74) is 0. The van der Waals surface area contributed by atoms with Crippen LogP contribution >= 0.6 is 0 Å². The number of likely N-dealkylation sites (tertiary alicyclic amines) is 1. The molecule has 0 aromatic carbocycles. The van der Waals surface area contributed by atoms with E-state index in [-0.39, 0.29) is 0 Å². The van der Waals surface area contributed by atoms with E-state index in [2.05, 4.69) is 17.1 Å². The second-order valence-electron chi connectivity index (χ2n) is 5.29. The number of hydrogen-bond donors (Lipinski definition) is 1. The highest BCUT2D eigenvalue weighted by Crippen LogP contribution is 2.28. The fraction of sp³-hybridized carbons (Fsp3) is 1.00. The summed E-state index contributed by atoms with van der Waals surface area (Å²) in [4.78, 5) is 2.67. The first-order valence-corrected chi connectivity index (χ1v) is 6.83. The van der Waals surface area contributed by atoms with E-state index in [1.807, 2.05) is 0 Å². The van der Waals surface area contributed by atoms with E-state index in [9.17, 15) is 0 Å². The van der Waals surface area contributed by atoms with Gasteiger partial charge in [-0.25, -0.2) is 0 Å². The second kappa shape index (κ2) is 5.86. The average molecular weight is 210 g/mol. The molecule has 2 saturated heterocycles. The van der Waals surface area contributed by atoms with Crippen LogP contribution in [-0.2, 0) is 0 Å². The third kappa shape index (κ3) is 3.18. The fourth-order valence-corrected chi connectivity index (χ4v) is 3.11. The van der Waals surface area contributed by atoms with Gasteiger partial charge in [0, 0.05) is 0 Å². The van der Waals surface area contributed by atoms with Gasteiger partial charge in [0.05, 0.1) is 0 Å². The number of rotatable bonds is 4. The van der Waals surface area contributed by atoms with Crippen LogP contribution in [0.3, 0.4) is 0 Å². The molecule has 2 fully saturated rings. The summed E-state index contributed by atoms with van der Waals surface area (Å²) >= 11 is 0. The first kappa shape index (κ1) is 11.4. The summed E-state index contributed by atoms with van der Waals surface area (Å²) in [5.74, 6) is 2.02. The minimum absolute atomic E-state index is 0.998. The van der Waals surface area contributed by atoms with Crippen LogP contribution < -0.4 is 5.32 Å². The number of nitrogens with zero attached hydrogens (tertiary/aromatic N) is 1. The minimum atomic E-state index is 0.998. The minimum Gasteiger partial charge on any atom is -0.316 e. The highest BCUT2D eigenvalue weighted by Gasteiger charge is 2.27. The van der Waals surface area contributed by atoms with Crippen molar-refractivity contribution in [3.8, 4) is 0 Å². The van der Waals surface area contributed by atoms with Crippen molar-refractivity contribution in [3.05, 3.63) is 0 Å². The molecule has 0 radical (unpaired) electrons. The summed E-state index contributed by atoms with van der Waals surface area (Å²) in [7, 11) is 0. The van der Waals surface area contributed by atoms with Crippen molar-refractivity contribution in [2.75, 3.05) is 32.7 Å². The van der Waals surface area contributed by atoms with Gasteiger partial charge in [-0.1, -0.05) is 13.3 Å². The first-order chi connectivity index (χ1) is 7.40. The Hall–Kier alpha value is -0.0800. The lowest BCUT2D eigenvalue weighted by Crippen LogP contribution is -2.37. The van der Waals surface area contributed by atoms with E-state index in [0.717, 1.165) is 11.8 Å². The fourth-order valence-electron chi connectivity index (χ4n) is 3.11. The molecular weight excluding hydrogens is 184 g/mol. The predicted molar refractivity (Wildman–Crippen MR) is 65.0 cm³/mol. The van der Waals surface area contributed by atoms with E-state index >= 15 is 0 Å². The Kier molecular flexibility index (Phi) is 4.45. The average Bonchev–Trinajstić information content (AvgIpc) is 2.80. The Morgan fingerprint density at radius 1 is 1.13 bits per heavy atom. The van der Waals surface area contributed by atoms with Crippen LogP contribution in [0, 0.1) is 11.8 Å². The molecular formula is C13H26N2. The SMILES string of the molecule is CCCCN1CCC(C2CCNC2)CC1. The molecule has 0 aromatic heterocycles. The summed E-state index contributed by atoms with van der Waals surface area (Å²) in [5, 5.41) is 3.50. The van der Waals surface area contributed by atoms with Crippen molar-refractivity contribution in [1.29, 1.82) is 0 Å². The molecule has 88 valence electrons. The van der Waals surface area contributed by atoms with Gasteiger partial charge in [0.15, 0.2) is 0 Å². The second-order valence-corrected chi connectivity index (χ2v) is 5.29. The summed E-state index contributed by atoms with van der Waals surface area (Å²) in [6, 6.07) is 0. The molecule has 0 spiro atoms. The van der Waals surface area contributed by atoms with Gasteiger partial charge in [-0.3, -0.25) is 0 Å². The van der Waals surface area contributed by atoms with Gasteiger partial charge in [0.1, 0.15) is 0 Å². The molecule has 2 heterocycles. The van der Waals surface area contributed by atoms with Crippen molar-refractivity contribution < 1.29 is 0 Å². The van der Waals surface area contributed by atoms with Crippen LogP contribution in [0.2, 0.25) is 0 Å². The lowest BCUT2D eigenvalue weighted by Gasteiger charge is -2.34. The van der Waals surface area contributed by atoms with Crippen LogP contribution in [0.25, 0.3) is 0 Å². The zero-order valence-electron chi connectivity index (χ0n) is 10.2. The van der Waals surface area contributed by atoms with Gasteiger partial charge < -0.3 is 10.2 Å². The Morgan fingerprint density at radius 3 is 2.53 bits per heavy atom. The van der Waals surface area contributed by atoms with Crippen LogP contribution in [0.4, 0.5) is 0 Å². The molecule has 0 aliphatic carbocycles. The number of nitrogens with one attached hydrogen (secondary N) is 1. The van der Waals surface area contributed by atoms with Gasteiger partial charge in [-0.2, -0.15) is 0 Å². The number of hydrogen-bond acceptors (Lipinski definition) is 2. The molecule has 2 nitrogen and oxygen atoms in total. The van der Waals surface area contributed by atoms with Gasteiger partial charge in [0.25, 0.3) is 0 Å². The van der Waals surface area contributed by atoms with Gasteiger partial charge in [-0.05, 0) is 70.2 Å². The Bertz CT molecular complexity index is 167. The Labute approximate surface area is 94.4 Å². The van der Waals surface area contributed by atoms with Gasteiger partial charge >= 0.3 is 0 Å². The van der Waals surface area contributed by atoms with Crippen LogP contribution in [0.15, 0.2) is 0 Å². The maximum atomic E-state index is 3.50. The molecule has 0 amide bonds. The molecule has 2 rings (SSSR count). The van der Waals surface area contributed by atoms with E-state index in [1.54, 1.807) is 0 Å². The molecule has 1 atom stereocenters. The zero-order valence-corrected chi connectivity index (χ0v) is 10.2. The molecule has 2 heteroatoms. The Balaban J connectivity index is 1.67. The van der Waals surface area contributed by atoms with Crippen molar-refractivity contribution in [1.82, 2.24) is 10.2 Å². The smallest absolute Gasteiger partial charge is 0.00160 e. The quantitative estimate of drug-likeness (QED) is 0.764. The lowest BCUT2D eigenvalue weighted by atomic mass is 9.84. The molecule has 0 aromatic rings. The highest BCUT2D eigenvalue weighted by molar-refractivity contribution is 4.82. The number of unbranched alkanes of at least 4 members (excludes halogenated alkanes) is 1. The van der Waals surface area contributed by atoms with Crippen molar-refractivity contribution in [2.24, 2.45) is 11.8 Å². The maximum absolute atomic E-state index is 3.50. The predicted octanol–water partition coefficient (Wildman–Crippen LogP) is 2.11. The molecule has 1 N–H and O–H groups in total. The standard InChI is InChI=1S/C13H26N2/c1-2-3-8-15-9-5-12(6-10-15)13-4-7-14-11-13/h12-14H,2-11H2,1H3. The summed E-state index contributed by atoms with van der Waals surface area (Å²) in [6.45, 7) is 8.91. The zero-order chi connectivity index (χ0) is 10.5. The van der Waals surface area contributed by atoms with Crippen molar-refractivity contribution in [2.45, 2.75) is 39.0 Å². The first-order valence-electron chi connectivity index (χ1n) is 6.83. The van der Waals surface area contributed by atoms with Crippen molar-refractivity contribution in [3.63, 3.8) is 0 Å². The third-order valence-corrected chi connectivity index (χ3v) is 4.23. The molecule has 0 bridgehead atoms. The van der Waals surface area contributed by atoms with Crippen LogP contribution in [0.1, 0.15) is 39.0 Å². The normalized spacial score (nSPS) is 29.8. The lowest BCUT2D eigenvalue weighted by molar-refractivity contribution is 0.151. The molecule has 0 saturated carbocycles. The van der Waals surface area contributed by atoms with E-state index in [4.69, 9.17) is 0 Å². The van der Waals surface area contributed by atoms with Crippen LogP contribution in [-0.4, -0.2) is 37.6 Å². The molecule has 2 aliphatic rings. The summed E-state index contributed by atoms with van der Waals surface area (Å²) in [6.07, 6.45) is 7.06. The maximum Gasteiger partial charge on any atom is -0.00160 e. The van der Waals surface area contributed by atoms with Gasteiger partial charge in [-0.15, -0.1) is 0 Å². The van der Waals surface area contributed by atoms with E-state index in [0.29, 0.717) is 0 Å². The third-order valence-electron chi connectivity index (χ3n) is 4.23. The monoisotopic (exact) mass is 210 g/mol. The van der Waals surface area contributed by atoms with Crippen molar-refractivity contribution >= 4 is 0 Å². The Morgan fingerprint density at radius 2 is 1.93 bits per heavy atom. The van der Waals surface area contributed by atoms with E-state index in [1.165, 1.54) is 64.8 Å². The van der Waals surface area contributed by atoms with Gasteiger partial charge in [0.2, 0.25) is 0 Å². The molecule has 1 unspecified atom stereocenters. The number of piperidine rings is 1. The largest absolute Gasteiger partial charge is 0.316 e. The molecule has 15 heavy (non-hydrogen) atoms. The van der Waals surface area contributed by atoms with E-state index < -0.39 is 0 Å². The summed E-state index contributed by atoms with van der Waals surface area (Å²) < 4.78 is 0. The molecule has 2 aliphatic heterocycles. The highest BCUT2D eigenvalue weighted by atomic mass is 15.1. The topological polar surface area (TPSA) is 15.3 Å².